The van der Waals surface area contributed by atoms with Crippen LogP contribution in [0.3, 0.4) is 0 Å². The number of carbonyl (C=O) groups is 1. The molecule has 1 saturated heterocycles. The second-order valence-electron chi connectivity index (χ2n) is 5.13. The summed E-state index contributed by atoms with van der Waals surface area (Å²) in [6.07, 6.45) is 2.02. The molecule has 0 spiro atoms. The highest BCUT2D eigenvalue weighted by atomic mass is 35.5. The number of hydrogen-bond donors (Lipinski definition) is 1. The summed E-state index contributed by atoms with van der Waals surface area (Å²) in [5.74, 6) is 0.936. The fraction of sp³-hybridized carbons (Fsp3) is 0.235. The zero-order valence-corrected chi connectivity index (χ0v) is 15.0. The molecule has 0 aromatic heterocycles. The van der Waals surface area contributed by atoms with E-state index < -0.39 is 0 Å². The van der Waals surface area contributed by atoms with Crippen molar-refractivity contribution in [3.63, 3.8) is 0 Å². The normalized spacial score (nSPS) is 17.3. The maximum Gasteiger partial charge on any atom is 0.323 e. The second-order valence-corrected chi connectivity index (χ2v) is 7.63. The van der Waals surface area contributed by atoms with E-state index in [1.165, 1.54) is 0 Å². The van der Waals surface area contributed by atoms with Crippen molar-refractivity contribution in [2.45, 2.75) is 10.3 Å². The van der Waals surface area contributed by atoms with Crippen molar-refractivity contribution in [3.8, 4) is 0 Å². The Hall–Kier alpha value is -1.30. The zero-order valence-electron chi connectivity index (χ0n) is 12.7. The van der Waals surface area contributed by atoms with Crippen molar-refractivity contribution in [2.24, 2.45) is 0 Å². The first-order valence-corrected chi connectivity index (χ1v) is 9.91. The molecule has 120 valence electrons. The van der Waals surface area contributed by atoms with Crippen molar-refractivity contribution in [1.82, 2.24) is 4.90 Å². The van der Waals surface area contributed by atoms with Gasteiger partial charge in [-0.1, -0.05) is 29.8 Å². The standard InChI is InChI=1S/C17H17ClN2OS2/c1-22-15-4-2-3-14(11-15)19-17(21)20-9-10-23-16(20)12-5-7-13(18)8-6-12/h2-8,11,16H,9-10H2,1H3,(H,19,21). The maximum absolute atomic E-state index is 12.6. The number of urea groups is 1. The largest absolute Gasteiger partial charge is 0.323 e. The molecular weight excluding hydrogens is 348 g/mol. The summed E-state index contributed by atoms with van der Waals surface area (Å²) in [6, 6.07) is 15.5. The van der Waals surface area contributed by atoms with E-state index in [2.05, 4.69) is 5.32 Å². The fourth-order valence-corrected chi connectivity index (χ4v) is 4.32. The molecule has 1 fully saturated rings. The molecule has 0 bridgehead atoms. The van der Waals surface area contributed by atoms with Crippen LogP contribution >= 0.6 is 35.1 Å². The van der Waals surface area contributed by atoms with Gasteiger partial charge >= 0.3 is 6.03 Å². The van der Waals surface area contributed by atoms with Crippen LogP contribution in [0.15, 0.2) is 53.4 Å². The highest BCUT2D eigenvalue weighted by Gasteiger charge is 2.30. The fourth-order valence-electron chi connectivity index (χ4n) is 2.48. The summed E-state index contributed by atoms with van der Waals surface area (Å²) in [7, 11) is 0. The van der Waals surface area contributed by atoms with Crippen LogP contribution in [0.1, 0.15) is 10.9 Å². The lowest BCUT2D eigenvalue weighted by Crippen LogP contribution is -2.34. The highest BCUT2D eigenvalue weighted by molar-refractivity contribution is 7.99. The molecular formula is C17H17ClN2OS2. The van der Waals surface area contributed by atoms with E-state index in [0.29, 0.717) is 5.02 Å². The Balaban J connectivity index is 1.74. The number of nitrogens with zero attached hydrogens (tertiary/aromatic N) is 1. The Morgan fingerprint density at radius 3 is 2.83 bits per heavy atom. The lowest BCUT2D eigenvalue weighted by Gasteiger charge is -2.24. The Morgan fingerprint density at radius 2 is 2.09 bits per heavy atom. The monoisotopic (exact) mass is 364 g/mol. The Morgan fingerprint density at radius 1 is 1.30 bits per heavy atom. The summed E-state index contributed by atoms with van der Waals surface area (Å²) in [4.78, 5) is 15.6. The SMILES string of the molecule is CSc1cccc(NC(=O)N2CCSC2c2ccc(Cl)cc2)c1. The number of anilines is 1. The zero-order chi connectivity index (χ0) is 16.2. The minimum absolute atomic E-state index is 0.0380. The lowest BCUT2D eigenvalue weighted by atomic mass is 10.2. The van der Waals surface area contributed by atoms with Gasteiger partial charge in [-0.15, -0.1) is 23.5 Å². The van der Waals surface area contributed by atoms with Gasteiger partial charge in [-0.25, -0.2) is 4.79 Å². The van der Waals surface area contributed by atoms with Gasteiger partial charge in [-0.2, -0.15) is 0 Å². The van der Waals surface area contributed by atoms with Crippen LogP contribution < -0.4 is 5.32 Å². The first-order chi connectivity index (χ1) is 11.2. The van der Waals surface area contributed by atoms with Gasteiger partial charge in [0.2, 0.25) is 0 Å². The minimum Gasteiger partial charge on any atom is -0.308 e. The molecule has 1 N–H and O–H groups in total. The third-order valence-corrected chi connectivity index (χ3v) is 5.87. The van der Waals surface area contributed by atoms with Gasteiger partial charge in [-0.05, 0) is 42.2 Å². The summed E-state index contributed by atoms with van der Waals surface area (Å²) in [6.45, 7) is 0.742. The van der Waals surface area contributed by atoms with Gasteiger partial charge < -0.3 is 10.2 Å². The molecule has 1 atom stereocenters. The van der Waals surface area contributed by atoms with Gasteiger partial charge in [0.05, 0.1) is 0 Å². The molecule has 2 amide bonds. The number of hydrogen-bond acceptors (Lipinski definition) is 3. The minimum atomic E-state index is -0.0618. The number of amides is 2. The van der Waals surface area contributed by atoms with Crippen molar-refractivity contribution >= 4 is 46.8 Å². The van der Waals surface area contributed by atoms with Crippen molar-refractivity contribution < 1.29 is 4.79 Å². The van der Waals surface area contributed by atoms with Crippen molar-refractivity contribution in [1.29, 1.82) is 0 Å². The molecule has 0 radical (unpaired) electrons. The second kappa shape index (κ2) is 7.51. The average molecular weight is 365 g/mol. The number of halogens is 1. The number of thioether (sulfide) groups is 2. The van der Waals surface area contributed by atoms with Crippen molar-refractivity contribution in [2.75, 3.05) is 23.9 Å². The average Bonchev–Trinajstić information content (AvgIpc) is 3.05. The highest BCUT2D eigenvalue weighted by Crippen LogP contribution is 2.38. The van der Waals surface area contributed by atoms with Crippen molar-refractivity contribution in [3.05, 3.63) is 59.1 Å². The molecule has 1 heterocycles. The Kier molecular flexibility index (Phi) is 5.41. The van der Waals surface area contributed by atoms with E-state index in [1.54, 1.807) is 23.5 Å². The maximum atomic E-state index is 12.6. The van der Waals surface area contributed by atoms with E-state index in [-0.39, 0.29) is 11.4 Å². The molecule has 1 unspecified atom stereocenters. The summed E-state index contributed by atoms with van der Waals surface area (Å²) >= 11 is 9.38. The smallest absolute Gasteiger partial charge is 0.308 e. The summed E-state index contributed by atoms with van der Waals surface area (Å²) in [5, 5.41) is 3.75. The Labute approximate surface area is 149 Å². The van der Waals surface area contributed by atoms with Crippen LogP contribution in [-0.2, 0) is 0 Å². The van der Waals surface area contributed by atoms with E-state index in [1.807, 2.05) is 59.7 Å². The molecule has 23 heavy (non-hydrogen) atoms. The van der Waals surface area contributed by atoms with Gasteiger partial charge in [0.15, 0.2) is 0 Å². The van der Waals surface area contributed by atoms with E-state index >= 15 is 0 Å². The van der Waals surface area contributed by atoms with E-state index in [9.17, 15) is 4.79 Å². The number of benzene rings is 2. The molecule has 0 aliphatic carbocycles. The quantitative estimate of drug-likeness (QED) is 0.746. The molecule has 2 aromatic carbocycles. The van der Waals surface area contributed by atoms with E-state index in [0.717, 1.165) is 28.4 Å². The third-order valence-electron chi connectivity index (χ3n) is 3.63. The predicted octanol–water partition coefficient (Wildman–Crippen LogP) is 5.34. The van der Waals surface area contributed by atoms with Crippen LogP contribution in [0.5, 0.6) is 0 Å². The number of carbonyl (C=O) groups excluding carboxylic acids is 1. The Bertz CT molecular complexity index is 693. The molecule has 3 nitrogen and oxygen atoms in total. The van der Waals surface area contributed by atoms with E-state index in [4.69, 9.17) is 11.6 Å². The van der Waals surface area contributed by atoms with Gasteiger partial charge in [0, 0.05) is 27.9 Å². The molecule has 3 rings (SSSR count). The third kappa shape index (κ3) is 3.97. The first kappa shape index (κ1) is 16.6. The number of rotatable bonds is 3. The topological polar surface area (TPSA) is 32.3 Å². The van der Waals surface area contributed by atoms with Gasteiger partial charge in [0.25, 0.3) is 0 Å². The molecule has 2 aromatic rings. The molecule has 0 saturated carbocycles. The van der Waals surface area contributed by atoms with Gasteiger partial charge in [0.1, 0.15) is 5.37 Å². The summed E-state index contributed by atoms with van der Waals surface area (Å²) in [5.41, 5.74) is 1.93. The number of nitrogens with one attached hydrogen (secondary N) is 1. The molecule has 6 heteroatoms. The van der Waals surface area contributed by atoms with Gasteiger partial charge in [-0.3, -0.25) is 0 Å². The van der Waals surface area contributed by atoms with Crippen LogP contribution in [0.4, 0.5) is 10.5 Å². The molecule has 1 aliphatic heterocycles. The van der Waals surface area contributed by atoms with Crippen LogP contribution in [0.2, 0.25) is 5.02 Å². The first-order valence-electron chi connectivity index (χ1n) is 7.26. The molecule has 1 aliphatic rings. The van der Waals surface area contributed by atoms with Crippen LogP contribution in [0, 0.1) is 0 Å². The summed E-state index contributed by atoms with van der Waals surface area (Å²) < 4.78 is 0. The van der Waals surface area contributed by atoms with Crippen LogP contribution in [-0.4, -0.2) is 29.5 Å². The lowest BCUT2D eigenvalue weighted by molar-refractivity contribution is 0.214. The van der Waals surface area contributed by atoms with Crippen LogP contribution in [0.25, 0.3) is 0 Å². The predicted molar refractivity (Wildman–Crippen MR) is 101 cm³/mol.